The standard InChI is InChI=1S/C24H21ClF3N3O3/c25-19-13-16(17-2-1-15-5-8-31(20(15)14-17)24(26,27)28)3-4-18(19)21(32)29-9-11-30(12-10-29)22(33)23(34)6-7-23/h1-5,8,13-14,34H,6-7,9-12H2. The summed E-state index contributed by atoms with van der Waals surface area (Å²) in [5.41, 5.74) is 0.222. The van der Waals surface area contributed by atoms with Crippen LogP contribution >= 0.6 is 11.6 Å². The van der Waals surface area contributed by atoms with Crippen LogP contribution in [0.25, 0.3) is 22.0 Å². The third-order valence-electron chi connectivity index (χ3n) is 6.47. The van der Waals surface area contributed by atoms with Gasteiger partial charge in [-0.3, -0.25) is 14.2 Å². The zero-order chi connectivity index (χ0) is 24.3. The fourth-order valence-electron chi connectivity index (χ4n) is 4.31. The molecule has 34 heavy (non-hydrogen) atoms. The minimum Gasteiger partial charge on any atom is -0.380 e. The van der Waals surface area contributed by atoms with Gasteiger partial charge in [0.1, 0.15) is 5.60 Å². The van der Waals surface area contributed by atoms with Crippen LogP contribution in [0.2, 0.25) is 5.02 Å². The molecule has 1 saturated carbocycles. The van der Waals surface area contributed by atoms with E-state index in [0.717, 1.165) is 6.20 Å². The molecule has 3 aromatic rings. The second kappa shape index (κ2) is 8.02. The number of carbonyl (C=O) groups excluding carboxylic acids is 2. The SMILES string of the molecule is O=C(c1ccc(-c2ccc3ccn(C(F)(F)F)c3c2)cc1Cl)N1CCN(C(=O)C2(O)CC2)CC1. The molecule has 2 aliphatic rings. The van der Waals surface area contributed by atoms with Gasteiger partial charge in [-0.1, -0.05) is 29.8 Å². The van der Waals surface area contributed by atoms with Crippen LogP contribution in [0.3, 0.4) is 0 Å². The third kappa shape index (κ3) is 4.03. The smallest absolute Gasteiger partial charge is 0.380 e. The normalized spacial score (nSPS) is 17.8. The molecule has 5 rings (SSSR count). The second-order valence-corrected chi connectivity index (χ2v) is 9.14. The molecule has 2 fully saturated rings. The van der Waals surface area contributed by atoms with E-state index in [1.54, 1.807) is 40.1 Å². The molecule has 178 valence electrons. The van der Waals surface area contributed by atoms with Crippen molar-refractivity contribution in [2.24, 2.45) is 0 Å². The Kier molecular flexibility index (Phi) is 5.37. The number of carbonyl (C=O) groups is 2. The number of benzene rings is 2. The lowest BCUT2D eigenvalue weighted by Gasteiger charge is -2.36. The summed E-state index contributed by atoms with van der Waals surface area (Å²) in [7, 11) is 0. The topological polar surface area (TPSA) is 65.8 Å². The lowest BCUT2D eigenvalue weighted by molar-refractivity contribution is -0.200. The number of amides is 2. The molecule has 2 amide bonds. The average molecular weight is 492 g/mol. The molecular formula is C24H21ClF3N3O3. The summed E-state index contributed by atoms with van der Waals surface area (Å²) in [6.45, 7) is 1.32. The first kappa shape index (κ1) is 22.7. The zero-order valence-corrected chi connectivity index (χ0v) is 18.7. The average Bonchev–Trinajstić information content (AvgIpc) is 3.41. The van der Waals surface area contributed by atoms with Gasteiger partial charge in [0, 0.05) is 32.4 Å². The summed E-state index contributed by atoms with van der Waals surface area (Å²) in [6, 6.07) is 11.0. The summed E-state index contributed by atoms with van der Waals surface area (Å²) in [4.78, 5) is 28.5. The number of alkyl halides is 3. The molecule has 6 nitrogen and oxygen atoms in total. The Bertz CT molecular complexity index is 1290. The number of rotatable bonds is 3. The third-order valence-corrected chi connectivity index (χ3v) is 6.79. The lowest BCUT2D eigenvalue weighted by atomic mass is 10.0. The van der Waals surface area contributed by atoms with Crippen molar-refractivity contribution < 1.29 is 27.9 Å². The van der Waals surface area contributed by atoms with Crippen molar-refractivity contribution in [3.8, 4) is 11.1 Å². The number of fused-ring (bicyclic) bond motifs is 1. The molecule has 2 heterocycles. The summed E-state index contributed by atoms with van der Waals surface area (Å²) < 4.78 is 40.1. The fraction of sp³-hybridized carbons (Fsp3) is 0.333. The molecule has 1 aromatic heterocycles. The van der Waals surface area contributed by atoms with Gasteiger partial charge in [0.2, 0.25) is 0 Å². The summed E-state index contributed by atoms with van der Waals surface area (Å²) in [5.74, 6) is -0.564. The van der Waals surface area contributed by atoms with Gasteiger partial charge >= 0.3 is 6.30 Å². The maximum atomic E-state index is 13.3. The first-order valence-electron chi connectivity index (χ1n) is 10.9. The highest BCUT2D eigenvalue weighted by atomic mass is 35.5. The highest BCUT2D eigenvalue weighted by molar-refractivity contribution is 6.34. The van der Waals surface area contributed by atoms with E-state index in [9.17, 15) is 27.9 Å². The van der Waals surface area contributed by atoms with Crippen LogP contribution in [0, 0.1) is 0 Å². The van der Waals surface area contributed by atoms with Crippen LogP contribution in [-0.4, -0.2) is 63.1 Å². The molecule has 10 heteroatoms. The van der Waals surface area contributed by atoms with Crippen LogP contribution < -0.4 is 0 Å². The highest BCUT2D eigenvalue weighted by Crippen LogP contribution is 2.37. The van der Waals surface area contributed by atoms with Crippen LogP contribution in [0.1, 0.15) is 23.2 Å². The van der Waals surface area contributed by atoms with Crippen molar-refractivity contribution in [1.29, 1.82) is 0 Å². The van der Waals surface area contributed by atoms with E-state index in [1.165, 1.54) is 12.1 Å². The van der Waals surface area contributed by atoms with Crippen LogP contribution in [0.4, 0.5) is 13.2 Å². The quantitative estimate of drug-likeness (QED) is 0.596. The molecule has 0 atom stereocenters. The first-order chi connectivity index (χ1) is 16.1. The maximum Gasteiger partial charge on any atom is 0.488 e. The number of halogens is 4. The van der Waals surface area contributed by atoms with E-state index >= 15 is 0 Å². The predicted octanol–water partition coefficient (Wildman–Crippen LogP) is 4.25. The molecule has 0 bridgehead atoms. The van der Waals surface area contributed by atoms with E-state index < -0.39 is 11.9 Å². The van der Waals surface area contributed by atoms with Crippen molar-refractivity contribution >= 4 is 34.3 Å². The lowest BCUT2D eigenvalue weighted by Crippen LogP contribution is -2.53. The molecule has 1 aliphatic heterocycles. The van der Waals surface area contributed by atoms with E-state index in [4.69, 9.17) is 11.6 Å². The van der Waals surface area contributed by atoms with E-state index in [-0.39, 0.29) is 32.5 Å². The van der Waals surface area contributed by atoms with Gasteiger partial charge in [0.25, 0.3) is 11.8 Å². The van der Waals surface area contributed by atoms with Crippen molar-refractivity contribution in [3.63, 3.8) is 0 Å². The number of aromatic nitrogens is 1. The van der Waals surface area contributed by atoms with Gasteiger partial charge in [-0.15, -0.1) is 13.2 Å². The van der Waals surface area contributed by atoms with Gasteiger partial charge in [0.05, 0.1) is 16.1 Å². The van der Waals surface area contributed by atoms with Gasteiger partial charge < -0.3 is 14.9 Å². The summed E-state index contributed by atoms with van der Waals surface area (Å²) >= 11 is 6.41. The Morgan fingerprint density at radius 3 is 2.15 bits per heavy atom. The van der Waals surface area contributed by atoms with Crippen molar-refractivity contribution in [1.82, 2.24) is 14.4 Å². The van der Waals surface area contributed by atoms with Crippen LogP contribution in [-0.2, 0) is 11.1 Å². The summed E-state index contributed by atoms with van der Waals surface area (Å²) in [6.07, 6.45) is -2.59. The summed E-state index contributed by atoms with van der Waals surface area (Å²) in [5, 5.41) is 10.7. The van der Waals surface area contributed by atoms with E-state index in [2.05, 4.69) is 0 Å². The molecule has 1 aliphatic carbocycles. The highest BCUT2D eigenvalue weighted by Gasteiger charge is 2.50. The Labute approximate surface area is 198 Å². The molecular weight excluding hydrogens is 471 g/mol. The first-order valence-corrected chi connectivity index (χ1v) is 11.2. The van der Waals surface area contributed by atoms with Crippen LogP contribution in [0.15, 0.2) is 48.7 Å². The largest absolute Gasteiger partial charge is 0.488 e. The minimum absolute atomic E-state index is 0.0320. The molecule has 2 aromatic carbocycles. The van der Waals surface area contributed by atoms with Crippen molar-refractivity contribution in [3.05, 3.63) is 59.2 Å². The number of piperazine rings is 1. The molecule has 1 saturated heterocycles. The molecule has 0 unspecified atom stereocenters. The van der Waals surface area contributed by atoms with Crippen molar-refractivity contribution in [2.75, 3.05) is 26.2 Å². The Hall–Kier alpha value is -3.04. The Morgan fingerprint density at radius 2 is 1.53 bits per heavy atom. The van der Waals surface area contributed by atoms with Gasteiger partial charge in [-0.25, -0.2) is 0 Å². The Morgan fingerprint density at radius 1 is 0.912 bits per heavy atom. The number of nitrogens with zero attached hydrogens (tertiary/aromatic N) is 3. The molecule has 0 spiro atoms. The number of aliphatic hydroxyl groups is 1. The number of hydrogen-bond acceptors (Lipinski definition) is 3. The van der Waals surface area contributed by atoms with E-state index in [1.807, 2.05) is 0 Å². The predicted molar refractivity (Wildman–Crippen MR) is 120 cm³/mol. The molecule has 0 radical (unpaired) electrons. The number of hydrogen-bond donors (Lipinski definition) is 1. The minimum atomic E-state index is -4.53. The fourth-order valence-corrected chi connectivity index (χ4v) is 4.57. The van der Waals surface area contributed by atoms with Crippen LogP contribution in [0.5, 0.6) is 0 Å². The van der Waals surface area contributed by atoms with Gasteiger partial charge in [-0.2, -0.15) is 0 Å². The van der Waals surface area contributed by atoms with Crippen molar-refractivity contribution in [2.45, 2.75) is 24.7 Å². The molecule has 1 N–H and O–H groups in total. The zero-order valence-electron chi connectivity index (χ0n) is 18.0. The van der Waals surface area contributed by atoms with E-state index in [0.29, 0.717) is 55.5 Å². The monoisotopic (exact) mass is 491 g/mol. The van der Waals surface area contributed by atoms with Gasteiger partial charge in [-0.05, 0) is 53.6 Å². The second-order valence-electron chi connectivity index (χ2n) is 8.74. The van der Waals surface area contributed by atoms with Gasteiger partial charge in [0.15, 0.2) is 0 Å². The Balaban J connectivity index is 1.33. The maximum absolute atomic E-state index is 13.3.